The summed E-state index contributed by atoms with van der Waals surface area (Å²) >= 11 is 0. The van der Waals surface area contributed by atoms with Crippen molar-refractivity contribution in [1.29, 1.82) is 0 Å². The topological polar surface area (TPSA) is 36.1 Å². The van der Waals surface area contributed by atoms with E-state index in [0.717, 1.165) is 5.82 Å². The Labute approximate surface area is 71.7 Å². The number of aryl methyl sites for hydroxylation is 1. The highest BCUT2D eigenvalue weighted by molar-refractivity contribution is 5.38. The van der Waals surface area contributed by atoms with E-state index in [1.807, 2.05) is 16.8 Å². The zero-order chi connectivity index (χ0) is 8.55. The Morgan fingerprint density at radius 2 is 2.50 bits per heavy atom. The molecule has 12 heavy (non-hydrogen) atoms. The van der Waals surface area contributed by atoms with Crippen LogP contribution in [0.2, 0.25) is 0 Å². The SMILES string of the molecule is Cc1ccc[n+]2c1NCC(O)C2. The largest absolute Gasteiger partial charge is 0.385 e. The molecule has 2 N–H and O–H groups in total. The summed E-state index contributed by atoms with van der Waals surface area (Å²) in [4.78, 5) is 0. The number of aliphatic hydroxyl groups excluding tert-OH is 1. The summed E-state index contributed by atoms with van der Waals surface area (Å²) in [5, 5.41) is 12.6. The molecule has 1 unspecified atom stereocenters. The third kappa shape index (κ3) is 1.16. The van der Waals surface area contributed by atoms with Crippen molar-refractivity contribution in [2.45, 2.75) is 19.6 Å². The average molecular weight is 165 g/mol. The van der Waals surface area contributed by atoms with Gasteiger partial charge in [-0.15, -0.1) is 0 Å². The number of hydrogen-bond donors (Lipinski definition) is 2. The van der Waals surface area contributed by atoms with Gasteiger partial charge in [0.2, 0.25) is 0 Å². The zero-order valence-corrected chi connectivity index (χ0v) is 7.12. The number of nitrogens with one attached hydrogen (secondary N) is 1. The molecule has 1 aromatic heterocycles. The van der Waals surface area contributed by atoms with Gasteiger partial charge in [-0.3, -0.25) is 5.32 Å². The van der Waals surface area contributed by atoms with Crippen molar-refractivity contribution in [3.63, 3.8) is 0 Å². The second kappa shape index (κ2) is 2.75. The second-order valence-electron chi connectivity index (χ2n) is 3.23. The number of pyridine rings is 1. The molecule has 2 rings (SSSR count). The van der Waals surface area contributed by atoms with Gasteiger partial charge in [-0.25, -0.2) is 4.57 Å². The van der Waals surface area contributed by atoms with Crippen molar-refractivity contribution >= 4 is 5.82 Å². The maximum absolute atomic E-state index is 9.36. The van der Waals surface area contributed by atoms with Gasteiger partial charge >= 0.3 is 0 Å². The van der Waals surface area contributed by atoms with Crippen molar-refractivity contribution in [1.82, 2.24) is 0 Å². The maximum atomic E-state index is 9.36. The first-order valence-corrected chi connectivity index (χ1v) is 4.18. The van der Waals surface area contributed by atoms with Crippen LogP contribution in [0.3, 0.4) is 0 Å². The first kappa shape index (κ1) is 7.55. The van der Waals surface area contributed by atoms with Gasteiger partial charge in [-0.2, -0.15) is 0 Å². The van der Waals surface area contributed by atoms with Crippen LogP contribution < -0.4 is 9.88 Å². The van der Waals surface area contributed by atoms with Crippen LogP contribution in [0.5, 0.6) is 0 Å². The molecule has 0 amide bonds. The molecule has 0 bridgehead atoms. The highest BCUT2D eigenvalue weighted by atomic mass is 16.3. The van der Waals surface area contributed by atoms with E-state index < -0.39 is 0 Å². The van der Waals surface area contributed by atoms with Gasteiger partial charge in [0.15, 0.2) is 0 Å². The van der Waals surface area contributed by atoms with E-state index >= 15 is 0 Å². The first-order valence-electron chi connectivity index (χ1n) is 4.18. The summed E-state index contributed by atoms with van der Waals surface area (Å²) in [5.41, 5.74) is 1.23. The van der Waals surface area contributed by atoms with Crippen molar-refractivity contribution in [2.24, 2.45) is 0 Å². The predicted octanol–water partition coefficient (Wildman–Crippen LogP) is 0.0689. The Hall–Kier alpha value is -1.09. The van der Waals surface area contributed by atoms with Gasteiger partial charge in [-0.1, -0.05) is 0 Å². The van der Waals surface area contributed by atoms with Crippen LogP contribution in [0.4, 0.5) is 5.82 Å². The van der Waals surface area contributed by atoms with Gasteiger partial charge in [0.05, 0.1) is 6.20 Å². The summed E-state index contributed by atoms with van der Waals surface area (Å²) in [6.07, 6.45) is 1.72. The number of fused-ring (bicyclic) bond motifs is 1. The molecule has 64 valence electrons. The van der Waals surface area contributed by atoms with E-state index in [0.29, 0.717) is 13.1 Å². The number of hydrogen-bond acceptors (Lipinski definition) is 2. The van der Waals surface area contributed by atoms with E-state index in [2.05, 4.69) is 18.3 Å². The highest BCUT2D eigenvalue weighted by Gasteiger charge is 2.22. The molecule has 0 saturated heterocycles. The Bertz CT molecular complexity index is 299. The molecule has 1 aliphatic rings. The first-order chi connectivity index (χ1) is 5.77. The van der Waals surface area contributed by atoms with E-state index in [4.69, 9.17) is 0 Å². The van der Waals surface area contributed by atoms with E-state index in [1.54, 1.807) is 0 Å². The fraction of sp³-hybridized carbons (Fsp3) is 0.444. The Morgan fingerprint density at radius 1 is 1.67 bits per heavy atom. The molecule has 0 spiro atoms. The lowest BCUT2D eigenvalue weighted by Gasteiger charge is -2.17. The van der Waals surface area contributed by atoms with Crippen molar-refractivity contribution < 1.29 is 9.67 Å². The quantitative estimate of drug-likeness (QED) is 0.534. The lowest BCUT2D eigenvalue weighted by Crippen LogP contribution is -2.49. The van der Waals surface area contributed by atoms with E-state index in [-0.39, 0.29) is 6.10 Å². The molecule has 1 atom stereocenters. The normalized spacial score (nSPS) is 21.3. The Morgan fingerprint density at radius 3 is 3.33 bits per heavy atom. The second-order valence-corrected chi connectivity index (χ2v) is 3.23. The summed E-state index contributed by atoms with van der Waals surface area (Å²) in [7, 11) is 0. The maximum Gasteiger partial charge on any atom is 0.277 e. The van der Waals surface area contributed by atoms with Crippen molar-refractivity contribution in [3.8, 4) is 0 Å². The molecule has 0 fully saturated rings. The van der Waals surface area contributed by atoms with Crippen LogP contribution in [0.25, 0.3) is 0 Å². The standard InChI is InChI=1S/C9H12N2O/c1-7-3-2-4-11-6-8(12)5-10-9(7)11/h2-4,8,12H,5-6H2,1H3/p+1. The smallest absolute Gasteiger partial charge is 0.277 e. The van der Waals surface area contributed by atoms with Gasteiger partial charge in [0, 0.05) is 5.56 Å². The fourth-order valence-electron chi connectivity index (χ4n) is 1.57. The molecular formula is C9H13N2O+. The van der Waals surface area contributed by atoms with Crippen LogP contribution in [-0.2, 0) is 6.54 Å². The Kier molecular flexibility index (Phi) is 1.73. The minimum atomic E-state index is -0.260. The van der Waals surface area contributed by atoms with Crippen LogP contribution in [0.1, 0.15) is 5.56 Å². The summed E-state index contributed by atoms with van der Waals surface area (Å²) in [6, 6.07) is 4.06. The summed E-state index contributed by atoms with van der Waals surface area (Å²) in [6.45, 7) is 3.42. The molecule has 3 nitrogen and oxygen atoms in total. The monoisotopic (exact) mass is 165 g/mol. The zero-order valence-electron chi connectivity index (χ0n) is 7.12. The highest BCUT2D eigenvalue weighted by Crippen LogP contribution is 2.10. The Balaban J connectivity index is 2.42. The van der Waals surface area contributed by atoms with Gasteiger partial charge in [-0.05, 0) is 19.1 Å². The molecule has 0 radical (unpaired) electrons. The lowest BCUT2D eigenvalue weighted by molar-refractivity contribution is -0.693. The van der Waals surface area contributed by atoms with Gasteiger partial charge in [0.25, 0.3) is 5.82 Å². The van der Waals surface area contributed by atoms with Crippen LogP contribution in [0, 0.1) is 6.92 Å². The summed E-state index contributed by atoms with van der Waals surface area (Å²) in [5.74, 6) is 1.13. The third-order valence-corrected chi connectivity index (χ3v) is 2.19. The average Bonchev–Trinajstić information content (AvgIpc) is 2.04. The van der Waals surface area contributed by atoms with E-state index in [9.17, 15) is 5.11 Å². The molecule has 1 aliphatic heterocycles. The fourth-order valence-corrected chi connectivity index (χ4v) is 1.57. The third-order valence-electron chi connectivity index (χ3n) is 2.19. The number of rotatable bonds is 0. The molecule has 0 aromatic carbocycles. The number of aromatic nitrogens is 1. The number of nitrogens with zero attached hydrogens (tertiary/aromatic N) is 1. The lowest BCUT2D eigenvalue weighted by atomic mass is 10.2. The molecule has 2 heterocycles. The molecule has 0 saturated carbocycles. The van der Waals surface area contributed by atoms with Crippen LogP contribution in [-0.4, -0.2) is 17.8 Å². The number of anilines is 1. The summed E-state index contributed by atoms with van der Waals surface area (Å²) < 4.78 is 2.05. The van der Waals surface area contributed by atoms with E-state index in [1.165, 1.54) is 5.56 Å². The number of β-amino-alcohol motifs (C(OH)–C–C–N with tert-alkyl or cyclic N) is 1. The molecule has 3 heteroatoms. The molecule has 1 aromatic rings. The van der Waals surface area contributed by atoms with Gasteiger partial charge in [0.1, 0.15) is 19.2 Å². The molecular weight excluding hydrogens is 152 g/mol. The number of aliphatic hydroxyl groups is 1. The van der Waals surface area contributed by atoms with Crippen LogP contribution in [0.15, 0.2) is 18.3 Å². The van der Waals surface area contributed by atoms with Gasteiger partial charge < -0.3 is 5.11 Å². The van der Waals surface area contributed by atoms with Crippen molar-refractivity contribution in [3.05, 3.63) is 23.9 Å². The minimum absolute atomic E-state index is 0.260. The minimum Gasteiger partial charge on any atom is -0.385 e. The molecule has 0 aliphatic carbocycles. The van der Waals surface area contributed by atoms with Crippen molar-refractivity contribution in [2.75, 3.05) is 11.9 Å². The predicted molar refractivity (Wildman–Crippen MR) is 45.9 cm³/mol. The van der Waals surface area contributed by atoms with Crippen LogP contribution >= 0.6 is 0 Å².